The second-order valence-electron chi connectivity index (χ2n) is 4.61. The zero-order valence-electron chi connectivity index (χ0n) is 12.7. The molecule has 23 heavy (non-hydrogen) atoms. The molecule has 2 rings (SSSR count). The van der Waals surface area contributed by atoms with E-state index < -0.39 is 5.97 Å². The molecule has 0 aliphatic heterocycles. The average Bonchev–Trinajstić information content (AvgIpc) is 2.84. The topological polar surface area (TPSA) is 97.8 Å². The van der Waals surface area contributed by atoms with Crippen LogP contribution in [0.5, 0.6) is 11.5 Å². The maximum absolute atomic E-state index is 11.9. The molecule has 2 aromatic rings. The van der Waals surface area contributed by atoms with E-state index in [1.807, 2.05) is 0 Å². The second kappa shape index (κ2) is 7.59. The van der Waals surface area contributed by atoms with Crippen LogP contribution in [0.25, 0.3) is 0 Å². The largest absolute Gasteiger partial charge is 0.497 e. The predicted molar refractivity (Wildman–Crippen MR) is 85.3 cm³/mol. The number of hydrogen-bond acceptors (Lipinski definition) is 6. The molecule has 0 saturated carbocycles. The van der Waals surface area contributed by atoms with Gasteiger partial charge in [0.25, 0.3) is 5.91 Å². The van der Waals surface area contributed by atoms with Crippen molar-refractivity contribution in [2.75, 3.05) is 19.0 Å². The van der Waals surface area contributed by atoms with Gasteiger partial charge in [-0.2, -0.15) is 0 Å². The highest BCUT2D eigenvalue weighted by Crippen LogP contribution is 2.23. The van der Waals surface area contributed by atoms with Gasteiger partial charge in [-0.3, -0.25) is 14.9 Å². The third-order valence-corrected chi connectivity index (χ3v) is 3.93. The smallest absolute Gasteiger partial charge is 0.308 e. The van der Waals surface area contributed by atoms with Crippen molar-refractivity contribution in [2.45, 2.75) is 13.3 Å². The minimum atomic E-state index is -0.934. The van der Waals surface area contributed by atoms with Crippen molar-refractivity contribution < 1.29 is 24.2 Å². The van der Waals surface area contributed by atoms with Crippen molar-refractivity contribution in [3.63, 3.8) is 0 Å². The van der Waals surface area contributed by atoms with E-state index in [2.05, 4.69) is 10.3 Å². The monoisotopic (exact) mass is 336 g/mol. The van der Waals surface area contributed by atoms with Crippen LogP contribution in [0.4, 0.5) is 5.13 Å². The summed E-state index contributed by atoms with van der Waals surface area (Å²) in [5, 5.41) is 11.8. The van der Waals surface area contributed by atoms with E-state index in [1.54, 1.807) is 38.3 Å². The molecule has 0 atom stereocenters. The molecule has 0 aliphatic rings. The molecule has 0 unspecified atom stereocenters. The molecule has 0 fully saturated rings. The Labute approximate surface area is 136 Å². The highest BCUT2D eigenvalue weighted by atomic mass is 32.1. The second-order valence-corrected chi connectivity index (χ2v) is 5.70. The fraction of sp³-hybridized carbons (Fsp3) is 0.267. The van der Waals surface area contributed by atoms with Crippen molar-refractivity contribution in [1.29, 1.82) is 0 Å². The minimum absolute atomic E-state index is 0.111. The van der Waals surface area contributed by atoms with Gasteiger partial charge in [0.15, 0.2) is 11.7 Å². The lowest BCUT2D eigenvalue weighted by Gasteiger charge is -2.07. The van der Waals surface area contributed by atoms with E-state index in [4.69, 9.17) is 14.6 Å². The van der Waals surface area contributed by atoms with Crippen LogP contribution in [0.15, 0.2) is 24.3 Å². The number of hydrogen-bond donors (Lipinski definition) is 2. The number of ether oxygens (including phenoxy) is 2. The van der Waals surface area contributed by atoms with Crippen molar-refractivity contribution in [1.82, 2.24) is 4.98 Å². The van der Waals surface area contributed by atoms with Crippen LogP contribution in [0.2, 0.25) is 0 Å². The number of carboxylic acid groups (broad SMARTS) is 1. The molecule has 0 radical (unpaired) electrons. The van der Waals surface area contributed by atoms with E-state index in [9.17, 15) is 9.59 Å². The fourth-order valence-corrected chi connectivity index (χ4v) is 2.75. The van der Waals surface area contributed by atoms with E-state index in [1.165, 1.54) is 0 Å². The molecule has 1 aromatic carbocycles. The number of methoxy groups -OCH3 is 1. The molecule has 122 valence electrons. The lowest BCUT2D eigenvalue weighted by Crippen LogP contribution is -2.20. The average molecular weight is 336 g/mol. The Balaban J connectivity index is 1.90. The van der Waals surface area contributed by atoms with Gasteiger partial charge in [0.05, 0.1) is 19.2 Å². The number of aryl methyl sites for hydroxylation is 1. The normalized spacial score (nSPS) is 10.2. The number of anilines is 1. The van der Waals surface area contributed by atoms with Crippen molar-refractivity contribution in [3.8, 4) is 11.5 Å². The van der Waals surface area contributed by atoms with E-state index in [0.717, 1.165) is 11.3 Å². The minimum Gasteiger partial charge on any atom is -0.497 e. The molecule has 2 N–H and O–H groups in total. The van der Waals surface area contributed by atoms with Gasteiger partial charge >= 0.3 is 5.97 Å². The SMILES string of the molecule is COc1cccc(OCC(=O)Nc2nc(C)c(CC(=O)O)s2)c1. The zero-order valence-corrected chi connectivity index (χ0v) is 13.5. The van der Waals surface area contributed by atoms with Crippen LogP contribution in [0, 0.1) is 6.92 Å². The molecule has 0 bridgehead atoms. The van der Waals surface area contributed by atoms with Crippen LogP contribution in [0.3, 0.4) is 0 Å². The summed E-state index contributed by atoms with van der Waals surface area (Å²) in [4.78, 5) is 27.3. The molecular weight excluding hydrogens is 320 g/mol. The van der Waals surface area contributed by atoms with Crippen LogP contribution in [-0.4, -0.2) is 35.7 Å². The molecule has 1 aromatic heterocycles. The number of benzene rings is 1. The van der Waals surface area contributed by atoms with Gasteiger partial charge in [0.2, 0.25) is 0 Å². The molecule has 0 spiro atoms. The number of thiazole rings is 1. The molecule has 1 amide bonds. The molecule has 0 saturated heterocycles. The maximum atomic E-state index is 11.9. The van der Waals surface area contributed by atoms with Crippen molar-refractivity contribution in [2.24, 2.45) is 0 Å². The summed E-state index contributed by atoms with van der Waals surface area (Å²) >= 11 is 1.14. The lowest BCUT2D eigenvalue weighted by molar-refractivity contribution is -0.136. The van der Waals surface area contributed by atoms with Crippen LogP contribution < -0.4 is 14.8 Å². The summed E-state index contributed by atoms with van der Waals surface area (Å²) in [5.74, 6) is -0.155. The standard InChI is InChI=1S/C15H16N2O5S/c1-9-12(7-14(19)20)23-15(16-9)17-13(18)8-22-11-5-3-4-10(6-11)21-2/h3-6H,7-8H2,1-2H3,(H,19,20)(H,16,17,18). The van der Waals surface area contributed by atoms with Gasteiger partial charge < -0.3 is 14.6 Å². The van der Waals surface area contributed by atoms with Gasteiger partial charge in [0.1, 0.15) is 11.5 Å². The first-order chi connectivity index (χ1) is 11.0. The highest BCUT2D eigenvalue weighted by Gasteiger charge is 2.13. The third kappa shape index (κ3) is 4.96. The van der Waals surface area contributed by atoms with Gasteiger partial charge in [0, 0.05) is 10.9 Å². The summed E-state index contributed by atoms with van der Waals surface area (Å²) in [6.45, 7) is 1.53. The summed E-state index contributed by atoms with van der Waals surface area (Å²) in [7, 11) is 1.55. The molecule has 8 heteroatoms. The number of nitrogens with one attached hydrogen (secondary N) is 1. The summed E-state index contributed by atoms with van der Waals surface area (Å²) in [6.07, 6.45) is -0.111. The summed E-state index contributed by atoms with van der Waals surface area (Å²) in [5.41, 5.74) is 0.599. The van der Waals surface area contributed by atoms with Crippen LogP contribution in [0.1, 0.15) is 10.6 Å². The number of nitrogens with zero attached hydrogens (tertiary/aromatic N) is 1. The van der Waals surface area contributed by atoms with E-state index >= 15 is 0 Å². The molecule has 7 nitrogen and oxygen atoms in total. The Hall–Kier alpha value is -2.61. The van der Waals surface area contributed by atoms with Crippen LogP contribution >= 0.6 is 11.3 Å². The number of aromatic nitrogens is 1. The first-order valence-corrected chi connectivity index (χ1v) is 7.54. The number of carboxylic acids is 1. The predicted octanol–water partition coefficient (Wildman–Crippen LogP) is 2.10. The van der Waals surface area contributed by atoms with Crippen LogP contribution in [-0.2, 0) is 16.0 Å². The Bertz CT molecular complexity index is 714. The number of rotatable bonds is 7. The summed E-state index contributed by atoms with van der Waals surface area (Å²) < 4.78 is 10.4. The molecule has 0 aliphatic carbocycles. The van der Waals surface area contributed by atoms with Crippen molar-refractivity contribution >= 4 is 28.3 Å². The number of carbonyl (C=O) groups excluding carboxylic acids is 1. The number of aliphatic carboxylic acids is 1. The van der Waals surface area contributed by atoms with E-state index in [0.29, 0.717) is 27.2 Å². The van der Waals surface area contributed by atoms with Gasteiger partial charge in [-0.25, -0.2) is 4.98 Å². The third-order valence-electron chi connectivity index (χ3n) is 2.86. The number of amides is 1. The zero-order chi connectivity index (χ0) is 16.8. The Kier molecular flexibility index (Phi) is 5.53. The number of carbonyl (C=O) groups is 2. The van der Waals surface area contributed by atoms with E-state index in [-0.39, 0.29) is 18.9 Å². The Morgan fingerprint density at radius 3 is 2.78 bits per heavy atom. The Morgan fingerprint density at radius 1 is 1.35 bits per heavy atom. The first-order valence-electron chi connectivity index (χ1n) is 6.72. The lowest BCUT2D eigenvalue weighted by atomic mass is 10.3. The fourth-order valence-electron chi connectivity index (χ4n) is 1.78. The van der Waals surface area contributed by atoms with Crippen molar-refractivity contribution in [3.05, 3.63) is 34.8 Å². The van der Waals surface area contributed by atoms with Gasteiger partial charge in [-0.1, -0.05) is 6.07 Å². The Morgan fingerprint density at radius 2 is 2.09 bits per heavy atom. The highest BCUT2D eigenvalue weighted by molar-refractivity contribution is 7.16. The molecule has 1 heterocycles. The molecular formula is C15H16N2O5S. The van der Waals surface area contributed by atoms with Gasteiger partial charge in [-0.05, 0) is 19.1 Å². The first kappa shape index (κ1) is 16.8. The summed E-state index contributed by atoms with van der Waals surface area (Å²) in [6, 6.07) is 6.92. The quantitative estimate of drug-likeness (QED) is 0.803. The van der Waals surface area contributed by atoms with Gasteiger partial charge in [-0.15, -0.1) is 11.3 Å². The maximum Gasteiger partial charge on any atom is 0.308 e.